The SMILES string of the molecule is Oc1ccc2ccccc2c1.[Cr]. The molecule has 2 heteroatoms. The van der Waals surface area contributed by atoms with E-state index in [1.165, 1.54) is 0 Å². The summed E-state index contributed by atoms with van der Waals surface area (Å²) in [5.41, 5.74) is 0. The van der Waals surface area contributed by atoms with Crippen LogP contribution in [0.4, 0.5) is 0 Å². The fourth-order valence-electron chi connectivity index (χ4n) is 1.18. The van der Waals surface area contributed by atoms with Crippen LogP contribution in [-0.4, -0.2) is 5.11 Å². The van der Waals surface area contributed by atoms with Gasteiger partial charge in [0, 0.05) is 17.4 Å². The summed E-state index contributed by atoms with van der Waals surface area (Å²) in [4.78, 5) is 0. The van der Waals surface area contributed by atoms with Crippen LogP contribution in [0.25, 0.3) is 10.8 Å². The molecule has 0 bridgehead atoms. The Labute approximate surface area is 81.8 Å². The van der Waals surface area contributed by atoms with Crippen LogP contribution in [0, 0.1) is 0 Å². The molecule has 0 aliphatic heterocycles. The van der Waals surface area contributed by atoms with Gasteiger partial charge in [0.05, 0.1) is 0 Å². The molecule has 0 atom stereocenters. The van der Waals surface area contributed by atoms with Crippen LogP contribution in [-0.2, 0) is 17.4 Å². The number of hydrogen-bond acceptors (Lipinski definition) is 1. The molecule has 0 amide bonds. The maximum Gasteiger partial charge on any atom is 0.116 e. The summed E-state index contributed by atoms with van der Waals surface area (Å²) in [5.74, 6) is 0.323. The number of rotatable bonds is 0. The summed E-state index contributed by atoms with van der Waals surface area (Å²) in [6.45, 7) is 0. The molecule has 0 spiro atoms. The summed E-state index contributed by atoms with van der Waals surface area (Å²) in [7, 11) is 0. The molecule has 0 radical (unpaired) electrons. The molecule has 2 aromatic carbocycles. The van der Waals surface area contributed by atoms with Gasteiger partial charge in [0.25, 0.3) is 0 Å². The molecule has 1 N–H and O–H groups in total. The minimum absolute atomic E-state index is 0. The van der Waals surface area contributed by atoms with Crippen molar-refractivity contribution in [3.05, 3.63) is 42.5 Å². The first-order valence-corrected chi connectivity index (χ1v) is 3.54. The molecule has 2 rings (SSSR count). The maximum atomic E-state index is 9.13. The van der Waals surface area contributed by atoms with Crippen molar-refractivity contribution < 1.29 is 22.5 Å². The van der Waals surface area contributed by atoms with Gasteiger partial charge in [0.2, 0.25) is 0 Å². The van der Waals surface area contributed by atoms with Crippen LogP contribution in [0.15, 0.2) is 42.5 Å². The molecule has 0 fully saturated rings. The van der Waals surface area contributed by atoms with Crippen molar-refractivity contribution in [1.29, 1.82) is 0 Å². The summed E-state index contributed by atoms with van der Waals surface area (Å²) in [5, 5.41) is 11.4. The van der Waals surface area contributed by atoms with Crippen LogP contribution >= 0.6 is 0 Å². The summed E-state index contributed by atoms with van der Waals surface area (Å²) in [6, 6.07) is 13.3. The Bertz CT molecular complexity index is 384. The van der Waals surface area contributed by atoms with Gasteiger partial charge in [-0.2, -0.15) is 0 Å². The van der Waals surface area contributed by atoms with Gasteiger partial charge in [-0.3, -0.25) is 0 Å². The van der Waals surface area contributed by atoms with Crippen LogP contribution in [0.2, 0.25) is 0 Å². The fourth-order valence-corrected chi connectivity index (χ4v) is 1.18. The number of phenols is 1. The fraction of sp³-hybridized carbons (Fsp3) is 0. The molecule has 0 saturated carbocycles. The quantitative estimate of drug-likeness (QED) is 0.686. The number of fused-ring (bicyclic) bond motifs is 1. The second kappa shape index (κ2) is 3.62. The van der Waals surface area contributed by atoms with Crippen molar-refractivity contribution in [3.63, 3.8) is 0 Å². The van der Waals surface area contributed by atoms with Crippen LogP contribution < -0.4 is 0 Å². The first-order chi connectivity index (χ1) is 5.36. The minimum atomic E-state index is 0. The molecule has 0 heterocycles. The van der Waals surface area contributed by atoms with E-state index in [1.54, 1.807) is 12.1 Å². The van der Waals surface area contributed by atoms with Crippen molar-refractivity contribution in [2.75, 3.05) is 0 Å². The van der Waals surface area contributed by atoms with E-state index in [0.717, 1.165) is 10.8 Å². The summed E-state index contributed by atoms with van der Waals surface area (Å²) in [6.07, 6.45) is 0. The van der Waals surface area contributed by atoms with Crippen LogP contribution in [0.5, 0.6) is 5.75 Å². The molecular formula is C10H8CrO. The zero-order valence-electron chi connectivity index (χ0n) is 6.40. The average Bonchev–Trinajstić information content (AvgIpc) is 2.04. The van der Waals surface area contributed by atoms with E-state index in [2.05, 4.69) is 0 Å². The van der Waals surface area contributed by atoms with E-state index in [-0.39, 0.29) is 17.4 Å². The van der Waals surface area contributed by atoms with E-state index in [9.17, 15) is 0 Å². The van der Waals surface area contributed by atoms with Gasteiger partial charge in [0.15, 0.2) is 0 Å². The van der Waals surface area contributed by atoms with Gasteiger partial charge in [0.1, 0.15) is 5.75 Å². The largest absolute Gasteiger partial charge is 0.508 e. The van der Waals surface area contributed by atoms with E-state index in [1.807, 2.05) is 30.3 Å². The molecule has 0 saturated heterocycles. The molecule has 1 nitrogen and oxygen atoms in total. The Kier molecular flexibility index (Phi) is 2.75. The van der Waals surface area contributed by atoms with Gasteiger partial charge < -0.3 is 5.11 Å². The van der Waals surface area contributed by atoms with Crippen LogP contribution in [0.1, 0.15) is 0 Å². The molecule has 0 aliphatic rings. The summed E-state index contributed by atoms with van der Waals surface area (Å²) >= 11 is 0. The molecule has 2 aromatic rings. The topological polar surface area (TPSA) is 20.2 Å². The van der Waals surface area contributed by atoms with Crippen molar-refractivity contribution in [2.24, 2.45) is 0 Å². The van der Waals surface area contributed by atoms with E-state index in [4.69, 9.17) is 5.11 Å². The molecule has 12 heavy (non-hydrogen) atoms. The van der Waals surface area contributed by atoms with Crippen molar-refractivity contribution in [3.8, 4) is 5.75 Å². The van der Waals surface area contributed by atoms with Gasteiger partial charge >= 0.3 is 0 Å². The van der Waals surface area contributed by atoms with E-state index >= 15 is 0 Å². The van der Waals surface area contributed by atoms with Gasteiger partial charge in [-0.05, 0) is 22.9 Å². The minimum Gasteiger partial charge on any atom is -0.508 e. The van der Waals surface area contributed by atoms with Gasteiger partial charge in [-0.25, -0.2) is 0 Å². The maximum absolute atomic E-state index is 9.13. The molecule has 60 valence electrons. The normalized spacial score (nSPS) is 9.33. The standard InChI is InChI=1S/C10H8O.Cr/c11-10-6-5-8-3-1-2-4-9(8)7-10;/h1-7,11H;. The van der Waals surface area contributed by atoms with Crippen LogP contribution in [0.3, 0.4) is 0 Å². The summed E-state index contributed by atoms with van der Waals surface area (Å²) < 4.78 is 0. The second-order valence-electron chi connectivity index (χ2n) is 2.53. The van der Waals surface area contributed by atoms with Crippen molar-refractivity contribution >= 4 is 10.8 Å². The Morgan fingerprint density at radius 3 is 2.25 bits per heavy atom. The third-order valence-corrected chi connectivity index (χ3v) is 1.73. The molecule has 0 aliphatic carbocycles. The molecule has 0 unspecified atom stereocenters. The van der Waals surface area contributed by atoms with Crippen molar-refractivity contribution in [1.82, 2.24) is 0 Å². The number of phenolic OH excluding ortho intramolecular Hbond substituents is 1. The van der Waals surface area contributed by atoms with Gasteiger partial charge in [-0.1, -0.05) is 30.3 Å². The third-order valence-electron chi connectivity index (χ3n) is 1.73. The van der Waals surface area contributed by atoms with Crippen molar-refractivity contribution in [2.45, 2.75) is 0 Å². The first-order valence-electron chi connectivity index (χ1n) is 3.54. The monoisotopic (exact) mass is 196 g/mol. The Hall–Kier alpha value is -0.968. The predicted octanol–water partition coefficient (Wildman–Crippen LogP) is 2.54. The van der Waals surface area contributed by atoms with Gasteiger partial charge in [-0.15, -0.1) is 0 Å². The smallest absolute Gasteiger partial charge is 0.116 e. The number of hydrogen-bond donors (Lipinski definition) is 1. The average molecular weight is 196 g/mol. The Morgan fingerprint density at radius 2 is 1.50 bits per heavy atom. The zero-order chi connectivity index (χ0) is 7.68. The second-order valence-corrected chi connectivity index (χ2v) is 2.53. The third kappa shape index (κ3) is 1.61. The Morgan fingerprint density at radius 1 is 0.833 bits per heavy atom. The predicted molar refractivity (Wildman–Crippen MR) is 45.6 cm³/mol. The Balaban J connectivity index is 0.000000720. The first kappa shape index (κ1) is 9.12. The van der Waals surface area contributed by atoms with E-state index < -0.39 is 0 Å². The number of aromatic hydroxyl groups is 1. The van der Waals surface area contributed by atoms with E-state index in [0.29, 0.717) is 5.75 Å². The zero-order valence-corrected chi connectivity index (χ0v) is 7.67. The number of benzene rings is 2. The molecular weight excluding hydrogens is 188 g/mol. The molecule has 0 aromatic heterocycles.